The van der Waals surface area contributed by atoms with Gasteiger partial charge in [0, 0.05) is 24.5 Å². The van der Waals surface area contributed by atoms with E-state index in [0.717, 1.165) is 18.8 Å². The van der Waals surface area contributed by atoms with Crippen LogP contribution in [0.15, 0.2) is 48.5 Å². The Morgan fingerprint density at radius 3 is 2.34 bits per heavy atom. The van der Waals surface area contributed by atoms with Crippen LogP contribution in [0.25, 0.3) is 5.69 Å². The fourth-order valence-electron chi connectivity index (χ4n) is 3.62. The highest BCUT2D eigenvalue weighted by Gasteiger charge is 2.23. The number of carbonyl (C=O) groups excluding carboxylic acids is 2. The third kappa shape index (κ3) is 4.75. The number of hydrogen-bond donors (Lipinski definition) is 1. The molecule has 0 spiro atoms. The van der Waals surface area contributed by atoms with E-state index < -0.39 is 24.3 Å². The smallest absolute Gasteiger partial charge is 0.343 e. The van der Waals surface area contributed by atoms with Gasteiger partial charge in [0.15, 0.2) is 6.61 Å². The zero-order valence-corrected chi connectivity index (χ0v) is 18.2. The number of ether oxygens (including phenoxy) is 1. The summed E-state index contributed by atoms with van der Waals surface area (Å²) < 4.78 is 19.6. The topological polar surface area (TPSA) is 76.5 Å². The Kier molecular flexibility index (Phi) is 6.41. The lowest BCUT2D eigenvalue weighted by Crippen LogP contribution is -2.21. The van der Waals surface area contributed by atoms with Crippen molar-refractivity contribution in [2.45, 2.75) is 19.8 Å². The summed E-state index contributed by atoms with van der Waals surface area (Å²) in [5.41, 5.74) is 2.62. The van der Waals surface area contributed by atoms with E-state index >= 15 is 0 Å². The maximum atomic E-state index is 13.2. The van der Waals surface area contributed by atoms with Crippen LogP contribution in [0.5, 0.6) is 0 Å². The van der Waals surface area contributed by atoms with E-state index in [1.165, 1.54) is 41.8 Å². The molecule has 1 aliphatic heterocycles. The number of halogens is 2. The molecule has 1 aromatic heterocycles. The summed E-state index contributed by atoms with van der Waals surface area (Å²) in [7, 11) is 0. The van der Waals surface area contributed by atoms with Crippen molar-refractivity contribution in [1.29, 1.82) is 0 Å². The van der Waals surface area contributed by atoms with Gasteiger partial charge in [-0.1, -0.05) is 11.6 Å². The number of hydrogen-bond acceptors (Lipinski definition) is 5. The Hall–Kier alpha value is -3.39. The first-order valence-electron chi connectivity index (χ1n) is 10.3. The maximum absolute atomic E-state index is 13.2. The number of nitrogens with zero attached hydrogens (tertiary/aromatic N) is 3. The summed E-state index contributed by atoms with van der Waals surface area (Å²) in [6, 6.07) is 13.1. The molecule has 32 heavy (non-hydrogen) atoms. The van der Waals surface area contributed by atoms with Gasteiger partial charge in [0.2, 0.25) is 0 Å². The van der Waals surface area contributed by atoms with Crippen molar-refractivity contribution in [3.05, 3.63) is 70.8 Å². The minimum Gasteiger partial charge on any atom is -0.452 e. The van der Waals surface area contributed by atoms with Crippen LogP contribution in [0.2, 0.25) is 5.15 Å². The summed E-state index contributed by atoms with van der Waals surface area (Å²) in [5, 5.41) is 6.96. The predicted octanol–water partition coefficient (Wildman–Crippen LogP) is 4.37. The lowest BCUT2D eigenvalue weighted by atomic mass is 10.2. The van der Waals surface area contributed by atoms with Gasteiger partial charge in [-0.15, -0.1) is 0 Å². The maximum Gasteiger partial charge on any atom is 0.343 e. The van der Waals surface area contributed by atoms with E-state index in [4.69, 9.17) is 16.3 Å². The second kappa shape index (κ2) is 9.40. The molecule has 1 aliphatic rings. The Bertz CT molecular complexity index is 1120. The fraction of sp³-hybridized carbons (Fsp3) is 0.261. The SMILES string of the molecule is Cc1nn(-c2ccc(F)cc2)c(Cl)c1C(=O)OCC(=O)Nc1ccc(N2CCCC2)cc1. The van der Waals surface area contributed by atoms with Gasteiger partial charge in [-0.3, -0.25) is 4.79 Å². The number of rotatable bonds is 6. The first-order chi connectivity index (χ1) is 15.4. The van der Waals surface area contributed by atoms with Crippen LogP contribution in [0.3, 0.4) is 0 Å². The summed E-state index contributed by atoms with van der Waals surface area (Å²) in [6.45, 7) is 3.22. The van der Waals surface area contributed by atoms with Gasteiger partial charge >= 0.3 is 5.97 Å². The second-order valence-electron chi connectivity index (χ2n) is 7.50. The Labute approximate surface area is 189 Å². The molecule has 2 aromatic carbocycles. The largest absolute Gasteiger partial charge is 0.452 e. The van der Waals surface area contributed by atoms with Crippen molar-refractivity contribution >= 4 is 34.9 Å². The molecule has 9 heteroatoms. The van der Waals surface area contributed by atoms with Crippen molar-refractivity contribution in [3.8, 4) is 5.69 Å². The lowest BCUT2D eigenvalue weighted by Gasteiger charge is -2.17. The molecular weight excluding hydrogens is 435 g/mol. The highest BCUT2D eigenvalue weighted by molar-refractivity contribution is 6.33. The summed E-state index contributed by atoms with van der Waals surface area (Å²) in [4.78, 5) is 27.1. The third-order valence-corrected chi connectivity index (χ3v) is 5.59. The molecular formula is C23H22ClFN4O3. The van der Waals surface area contributed by atoms with Crippen LogP contribution in [-0.4, -0.2) is 41.4 Å². The van der Waals surface area contributed by atoms with E-state index in [1.54, 1.807) is 6.92 Å². The van der Waals surface area contributed by atoms with Crippen molar-refractivity contribution in [1.82, 2.24) is 9.78 Å². The molecule has 0 radical (unpaired) electrons. The Balaban J connectivity index is 1.36. The van der Waals surface area contributed by atoms with Gasteiger partial charge in [0.05, 0.1) is 11.4 Å². The number of anilines is 2. The Morgan fingerprint density at radius 1 is 1.06 bits per heavy atom. The number of aryl methyl sites for hydroxylation is 1. The molecule has 0 unspecified atom stereocenters. The molecule has 0 saturated carbocycles. The van der Waals surface area contributed by atoms with E-state index in [2.05, 4.69) is 15.3 Å². The average molecular weight is 457 g/mol. The van der Waals surface area contributed by atoms with Gasteiger partial charge in [0.1, 0.15) is 16.5 Å². The number of nitrogens with one attached hydrogen (secondary N) is 1. The van der Waals surface area contributed by atoms with Crippen molar-refractivity contribution < 1.29 is 18.7 Å². The molecule has 3 aromatic rings. The first-order valence-corrected chi connectivity index (χ1v) is 10.6. The van der Waals surface area contributed by atoms with Gasteiger partial charge < -0.3 is 15.0 Å². The molecule has 1 N–H and O–H groups in total. The third-order valence-electron chi connectivity index (χ3n) is 5.24. The summed E-state index contributed by atoms with van der Waals surface area (Å²) >= 11 is 6.31. The highest BCUT2D eigenvalue weighted by Crippen LogP contribution is 2.25. The molecule has 4 rings (SSSR count). The minimum absolute atomic E-state index is 0.0250. The predicted molar refractivity (Wildman–Crippen MR) is 120 cm³/mol. The number of carbonyl (C=O) groups is 2. The average Bonchev–Trinajstić information content (AvgIpc) is 3.41. The van der Waals surface area contributed by atoms with Gasteiger partial charge in [-0.2, -0.15) is 5.10 Å². The zero-order valence-electron chi connectivity index (χ0n) is 17.5. The fourth-order valence-corrected chi connectivity index (χ4v) is 3.96. The van der Waals surface area contributed by atoms with Gasteiger partial charge in [-0.25, -0.2) is 13.9 Å². The monoisotopic (exact) mass is 456 g/mol. The number of benzene rings is 2. The standard InChI is InChI=1S/C23H22ClFN4O3/c1-15-21(22(24)29(27-15)19-8-4-16(25)5-9-19)23(31)32-14-20(30)26-17-6-10-18(11-7-17)28-12-2-3-13-28/h4-11H,2-3,12-14H2,1H3,(H,26,30). The van der Waals surface area contributed by atoms with Crippen molar-refractivity contribution in [3.63, 3.8) is 0 Å². The Morgan fingerprint density at radius 2 is 1.69 bits per heavy atom. The molecule has 166 valence electrons. The zero-order chi connectivity index (χ0) is 22.7. The van der Waals surface area contributed by atoms with E-state index in [-0.39, 0.29) is 10.7 Å². The first kappa shape index (κ1) is 21.8. The highest BCUT2D eigenvalue weighted by atomic mass is 35.5. The number of aromatic nitrogens is 2. The van der Waals surface area contributed by atoms with Crippen LogP contribution in [-0.2, 0) is 9.53 Å². The van der Waals surface area contributed by atoms with Crippen LogP contribution in [0.4, 0.5) is 15.8 Å². The van der Waals surface area contributed by atoms with E-state index in [1.807, 2.05) is 24.3 Å². The van der Waals surface area contributed by atoms with E-state index in [0.29, 0.717) is 17.1 Å². The normalized spacial score (nSPS) is 13.3. The van der Waals surface area contributed by atoms with Crippen molar-refractivity contribution in [2.75, 3.05) is 29.9 Å². The van der Waals surface area contributed by atoms with Crippen LogP contribution in [0, 0.1) is 12.7 Å². The molecule has 2 heterocycles. The molecule has 7 nitrogen and oxygen atoms in total. The summed E-state index contributed by atoms with van der Waals surface area (Å²) in [5.74, 6) is -1.63. The van der Waals surface area contributed by atoms with Crippen molar-refractivity contribution in [2.24, 2.45) is 0 Å². The number of amides is 1. The minimum atomic E-state index is -0.764. The molecule has 0 aliphatic carbocycles. The molecule has 1 fully saturated rings. The molecule has 1 saturated heterocycles. The van der Waals surface area contributed by atoms with E-state index in [9.17, 15) is 14.0 Å². The van der Waals surface area contributed by atoms with Crippen LogP contribution in [0.1, 0.15) is 28.9 Å². The summed E-state index contributed by atoms with van der Waals surface area (Å²) in [6.07, 6.45) is 2.38. The number of esters is 1. The quantitative estimate of drug-likeness (QED) is 0.557. The van der Waals surface area contributed by atoms with Crippen LogP contribution >= 0.6 is 11.6 Å². The molecule has 0 atom stereocenters. The lowest BCUT2D eigenvalue weighted by molar-refractivity contribution is -0.119. The van der Waals surface area contributed by atoms with Gasteiger partial charge in [-0.05, 0) is 68.3 Å². The van der Waals surface area contributed by atoms with Crippen LogP contribution < -0.4 is 10.2 Å². The molecule has 1 amide bonds. The second-order valence-corrected chi connectivity index (χ2v) is 7.86. The van der Waals surface area contributed by atoms with Gasteiger partial charge in [0.25, 0.3) is 5.91 Å². The molecule has 0 bridgehead atoms.